The highest BCUT2D eigenvalue weighted by atomic mass is 32.2. The lowest BCUT2D eigenvalue weighted by Crippen LogP contribution is -2.31. The van der Waals surface area contributed by atoms with E-state index in [9.17, 15) is 19.2 Å². The summed E-state index contributed by atoms with van der Waals surface area (Å²) in [5.41, 5.74) is 3.27. The van der Waals surface area contributed by atoms with Crippen molar-refractivity contribution in [2.24, 2.45) is 10.2 Å². The van der Waals surface area contributed by atoms with E-state index in [4.69, 9.17) is 4.74 Å². The topological polar surface area (TPSA) is 130 Å². The quantitative estimate of drug-likeness (QED) is 0.0827. The molecule has 6 rings (SSSR count). The predicted molar refractivity (Wildman–Crippen MR) is 194 cm³/mol. The van der Waals surface area contributed by atoms with Gasteiger partial charge in [0, 0.05) is 28.1 Å². The van der Waals surface area contributed by atoms with Crippen LogP contribution in [0.3, 0.4) is 0 Å². The summed E-state index contributed by atoms with van der Waals surface area (Å²) < 4.78 is 5.43. The molecule has 0 radical (unpaired) electrons. The number of azo groups is 1. The molecule has 50 heavy (non-hydrogen) atoms. The van der Waals surface area contributed by atoms with Crippen molar-refractivity contribution in [2.45, 2.75) is 16.6 Å². The first-order valence-corrected chi connectivity index (χ1v) is 16.5. The molecule has 1 saturated heterocycles. The van der Waals surface area contributed by atoms with E-state index >= 15 is 0 Å². The number of carbonyl (C=O) groups excluding carboxylic acids is 4. The molecule has 5 aromatic rings. The van der Waals surface area contributed by atoms with E-state index in [1.807, 2.05) is 36.4 Å². The summed E-state index contributed by atoms with van der Waals surface area (Å²) in [5.74, 6) is -1.05. The van der Waals surface area contributed by atoms with Crippen molar-refractivity contribution in [3.05, 3.63) is 150 Å². The van der Waals surface area contributed by atoms with Crippen LogP contribution in [0.15, 0.2) is 154 Å². The minimum absolute atomic E-state index is 0.0178. The number of amides is 4. The number of hydrogen-bond donors (Lipinski definition) is 2. The van der Waals surface area contributed by atoms with Crippen molar-refractivity contribution >= 4 is 64.2 Å². The normalized spacial score (nSPS) is 14.5. The van der Waals surface area contributed by atoms with E-state index in [-0.39, 0.29) is 23.9 Å². The Morgan fingerprint density at radius 3 is 2.08 bits per heavy atom. The lowest BCUT2D eigenvalue weighted by atomic mass is 10.1. The van der Waals surface area contributed by atoms with Gasteiger partial charge in [-0.25, -0.2) is 4.90 Å². The number of nitrogens with one attached hydrogen (secondary N) is 2. The van der Waals surface area contributed by atoms with Crippen LogP contribution in [0.5, 0.6) is 5.75 Å². The average molecular weight is 682 g/mol. The number of anilines is 2. The first-order valence-electron chi connectivity index (χ1n) is 15.6. The summed E-state index contributed by atoms with van der Waals surface area (Å²) in [5, 5.41) is 13.4. The van der Waals surface area contributed by atoms with Gasteiger partial charge in [0.15, 0.2) is 0 Å². The lowest BCUT2D eigenvalue weighted by molar-refractivity contribution is -0.121. The molecule has 1 aliphatic rings. The van der Waals surface area contributed by atoms with Gasteiger partial charge in [-0.3, -0.25) is 19.2 Å². The summed E-state index contributed by atoms with van der Waals surface area (Å²) in [6.07, 6.45) is 1.60. The van der Waals surface area contributed by atoms with E-state index in [2.05, 4.69) is 20.9 Å². The van der Waals surface area contributed by atoms with Gasteiger partial charge >= 0.3 is 0 Å². The molecule has 0 bridgehead atoms. The number of rotatable bonds is 11. The molecule has 1 aliphatic heterocycles. The SMILES string of the molecule is COc1ccccc1/C=C(\NC(=O)c1ccccc1)C(=O)Nc1ccc(SC2CC(=O)N(c3ccc(N=Nc4ccccc4)cc3)C2=O)cc1. The third-order valence-electron chi connectivity index (χ3n) is 7.61. The Morgan fingerprint density at radius 2 is 1.40 bits per heavy atom. The Morgan fingerprint density at radius 1 is 0.780 bits per heavy atom. The molecule has 4 amide bonds. The fraction of sp³-hybridized carbons (Fsp3) is 0.0769. The first kappa shape index (κ1) is 33.6. The van der Waals surface area contributed by atoms with Crippen LogP contribution < -0.4 is 20.3 Å². The number of nitrogens with zero attached hydrogens (tertiary/aromatic N) is 3. The molecule has 10 nitrogen and oxygen atoms in total. The van der Waals surface area contributed by atoms with E-state index in [0.717, 1.165) is 10.6 Å². The third-order valence-corrected chi connectivity index (χ3v) is 8.81. The molecule has 2 N–H and O–H groups in total. The van der Waals surface area contributed by atoms with Gasteiger partial charge in [-0.15, -0.1) is 11.8 Å². The van der Waals surface area contributed by atoms with Crippen LogP contribution in [-0.4, -0.2) is 36.0 Å². The molecular weight excluding hydrogens is 651 g/mol. The number of methoxy groups -OCH3 is 1. The zero-order valence-corrected chi connectivity index (χ0v) is 27.7. The molecule has 0 spiro atoms. The van der Waals surface area contributed by atoms with Crippen LogP contribution in [0.2, 0.25) is 0 Å². The number of hydrogen-bond acceptors (Lipinski definition) is 8. The Hall–Kier alpha value is -6.33. The lowest BCUT2D eigenvalue weighted by Gasteiger charge is -2.15. The Balaban J connectivity index is 1.11. The minimum Gasteiger partial charge on any atom is -0.496 e. The second-order valence-corrected chi connectivity index (χ2v) is 12.3. The molecule has 1 unspecified atom stereocenters. The molecule has 1 heterocycles. The van der Waals surface area contributed by atoms with Gasteiger partial charge in [0.2, 0.25) is 11.8 Å². The van der Waals surface area contributed by atoms with Crippen molar-refractivity contribution in [1.29, 1.82) is 0 Å². The van der Waals surface area contributed by atoms with Gasteiger partial charge in [0.05, 0.1) is 29.4 Å². The molecule has 0 aromatic heterocycles. The van der Waals surface area contributed by atoms with Crippen molar-refractivity contribution in [1.82, 2.24) is 5.32 Å². The maximum atomic E-state index is 13.5. The van der Waals surface area contributed by atoms with E-state index in [1.165, 1.54) is 23.8 Å². The number of para-hydroxylation sites is 1. The highest BCUT2D eigenvalue weighted by Crippen LogP contribution is 2.35. The van der Waals surface area contributed by atoms with Crippen molar-refractivity contribution in [3.63, 3.8) is 0 Å². The number of benzene rings is 5. The van der Waals surface area contributed by atoms with Gasteiger partial charge in [-0.1, -0.05) is 54.6 Å². The van der Waals surface area contributed by atoms with Gasteiger partial charge in [-0.2, -0.15) is 10.2 Å². The van der Waals surface area contributed by atoms with Crippen LogP contribution >= 0.6 is 11.8 Å². The molecule has 5 aromatic carbocycles. The van der Waals surface area contributed by atoms with Crippen molar-refractivity contribution in [2.75, 3.05) is 17.3 Å². The zero-order valence-electron chi connectivity index (χ0n) is 26.9. The summed E-state index contributed by atoms with van der Waals surface area (Å²) >= 11 is 1.28. The van der Waals surface area contributed by atoms with Crippen LogP contribution in [0.1, 0.15) is 22.3 Å². The second kappa shape index (κ2) is 15.7. The Kier molecular flexibility index (Phi) is 10.5. The number of imide groups is 1. The summed E-state index contributed by atoms with van der Waals surface area (Å²) in [6, 6.07) is 38.8. The van der Waals surface area contributed by atoms with E-state index in [0.29, 0.717) is 33.9 Å². The fourth-order valence-electron chi connectivity index (χ4n) is 5.11. The Bertz CT molecular complexity index is 2070. The maximum Gasteiger partial charge on any atom is 0.272 e. The summed E-state index contributed by atoms with van der Waals surface area (Å²) in [4.78, 5) is 54.7. The minimum atomic E-state index is -0.607. The van der Waals surface area contributed by atoms with Gasteiger partial charge in [0.1, 0.15) is 11.4 Å². The molecule has 11 heteroatoms. The standard InChI is InChI=1S/C39H31N5O5S/c1-49-34-15-9-8-12-27(34)24-33(41-37(46)26-10-4-2-5-11-26)38(47)40-28-18-22-32(23-19-28)50-35-25-36(45)44(39(35)48)31-20-16-30(17-21-31)43-42-29-13-6-3-7-14-29/h2-24,35H,25H2,1H3,(H,40,47)(H,41,46)/b33-24-,43-42?. The largest absolute Gasteiger partial charge is 0.496 e. The van der Waals surface area contributed by atoms with Gasteiger partial charge in [-0.05, 0) is 84.9 Å². The molecule has 1 fully saturated rings. The average Bonchev–Trinajstić information content (AvgIpc) is 3.43. The van der Waals surface area contributed by atoms with E-state index in [1.54, 1.807) is 103 Å². The smallest absolute Gasteiger partial charge is 0.272 e. The summed E-state index contributed by atoms with van der Waals surface area (Å²) in [6.45, 7) is 0. The molecule has 0 saturated carbocycles. The monoisotopic (exact) mass is 681 g/mol. The van der Waals surface area contributed by atoms with E-state index < -0.39 is 17.1 Å². The zero-order chi connectivity index (χ0) is 34.9. The third kappa shape index (κ3) is 8.20. The number of carbonyl (C=O) groups is 4. The molecule has 0 aliphatic carbocycles. The summed E-state index contributed by atoms with van der Waals surface area (Å²) in [7, 11) is 1.53. The molecular formula is C39H31N5O5S. The van der Waals surface area contributed by atoms with Gasteiger partial charge in [0.25, 0.3) is 11.8 Å². The van der Waals surface area contributed by atoms with Crippen LogP contribution in [0.4, 0.5) is 22.7 Å². The number of thioether (sulfide) groups is 1. The Labute approximate surface area is 292 Å². The predicted octanol–water partition coefficient (Wildman–Crippen LogP) is 7.94. The maximum absolute atomic E-state index is 13.5. The molecule has 248 valence electrons. The van der Waals surface area contributed by atoms with Crippen molar-refractivity contribution in [3.8, 4) is 5.75 Å². The second-order valence-electron chi connectivity index (χ2n) is 11.0. The highest BCUT2D eigenvalue weighted by Gasteiger charge is 2.40. The highest BCUT2D eigenvalue weighted by molar-refractivity contribution is 8.00. The van der Waals surface area contributed by atoms with Gasteiger partial charge < -0.3 is 15.4 Å². The number of ether oxygens (including phenoxy) is 1. The first-order chi connectivity index (χ1) is 24.4. The fourth-order valence-corrected chi connectivity index (χ4v) is 6.16. The van der Waals surface area contributed by atoms with Crippen LogP contribution in [0, 0.1) is 0 Å². The van der Waals surface area contributed by atoms with Crippen LogP contribution in [-0.2, 0) is 14.4 Å². The van der Waals surface area contributed by atoms with Crippen LogP contribution in [0.25, 0.3) is 6.08 Å². The van der Waals surface area contributed by atoms with Crippen molar-refractivity contribution < 1.29 is 23.9 Å². The molecule has 1 atom stereocenters.